The van der Waals surface area contributed by atoms with E-state index >= 15 is 0 Å². The van der Waals surface area contributed by atoms with Crippen LogP contribution in [0.25, 0.3) is 0 Å². The largest absolute Gasteiger partial charge is 0.355 e. The van der Waals surface area contributed by atoms with Gasteiger partial charge in [0.05, 0.1) is 5.41 Å². The lowest BCUT2D eigenvalue weighted by Crippen LogP contribution is -2.51. The van der Waals surface area contributed by atoms with E-state index in [9.17, 15) is 4.79 Å². The van der Waals surface area contributed by atoms with Gasteiger partial charge in [-0.15, -0.1) is 0 Å². The van der Waals surface area contributed by atoms with E-state index in [1.165, 1.54) is 25.9 Å². The second-order valence-electron chi connectivity index (χ2n) is 5.93. The highest BCUT2D eigenvalue weighted by Crippen LogP contribution is 2.40. The molecule has 0 aromatic heterocycles. The third-order valence-corrected chi connectivity index (χ3v) is 4.89. The quantitative estimate of drug-likeness (QED) is 0.767. The van der Waals surface area contributed by atoms with Gasteiger partial charge in [-0.3, -0.25) is 4.79 Å². The molecule has 4 heteroatoms. The number of hydrogen-bond acceptors (Lipinski definition) is 3. The third-order valence-electron chi connectivity index (χ3n) is 4.89. The van der Waals surface area contributed by atoms with Crippen molar-refractivity contribution in [3.63, 3.8) is 0 Å². The van der Waals surface area contributed by atoms with Gasteiger partial charge in [0.15, 0.2) is 0 Å². The zero-order valence-electron chi connectivity index (χ0n) is 11.6. The molecular weight excluding hydrogens is 226 g/mol. The number of nitrogens with zero attached hydrogens (tertiary/aromatic N) is 1. The monoisotopic (exact) mass is 253 g/mol. The summed E-state index contributed by atoms with van der Waals surface area (Å²) in [7, 11) is 0. The Labute approximate surface area is 110 Å². The molecule has 4 nitrogen and oxygen atoms in total. The Morgan fingerprint density at radius 3 is 2.50 bits per heavy atom. The molecule has 2 aliphatic rings. The topological polar surface area (TPSA) is 58.4 Å². The van der Waals surface area contributed by atoms with Gasteiger partial charge >= 0.3 is 0 Å². The standard InChI is InChI=1S/C14H27N3O/c1-2-17-8-4-12(5-9-17)10-16-13(18)14(11-15)6-3-7-14/h12H,2-11,15H2,1H3,(H,16,18). The summed E-state index contributed by atoms with van der Waals surface area (Å²) in [5.41, 5.74) is 5.53. The zero-order chi connectivity index (χ0) is 13.0. The summed E-state index contributed by atoms with van der Waals surface area (Å²) in [6.45, 7) is 7.07. The first-order chi connectivity index (χ1) is 8.70. The Kier molecular flexibility index (Phi) is 4.62. The number of carbonyl (C=O) groups excluding carboxylic acids is 1. The van der Waals surface area contributed by atoms with Crippen LogP contribution in [0, 0.1) is 11.3 Å². The van der Waals surface area contributed by atoms with Gasteiger partial charge in [-0.05, 0) is 51.2 Å². The van der Waals surface area contributed by atoms with Crippen molar-refractivity contribution in [3.8, 4) is 0 Å². The normalized spacial score (nSPS) is 24.6. The first kappa shape index (κ1) is 13.8. The van der Waals surface area contributed by atoms with Crippen molar-refractivity contribution >= 4 is 5.91 Å². The molecule has 2 rings (SSSR count). The minimum atomic E-state index is -0.218. The summed E-state index contributed by atoms with van der Waals surface area (Å²) in [6, 6.07) is 0. The van der Waals surface area contributed by atoms with E-state index < -0.39 is 0 Å². The predicted octanol–water partition coefficient (Wildman–Crippen LogP) is 0.964. The van der Waals surface area contributed by atoms with Crippen molar-refractivity contribution in [1.82, 2.24) is 10.2 Å². The molecule has 2 fully saturated rings. The molecule has 1 aliphatic carbocycles. The number of piperidine rings is 1. The Hall–Kier alpha value is -0.610. The smallest absolute Gasteiger partial charge is 0.227 e. The van der Waals surface area contributed by atoms with Crippen LogP contribution < -0.4 is 11.1 Å². The summed E-state index contributed by atoms with van der Waals surface area (Å²) in [6.07, 6.45) is 5.53. The van der Waals surface area contributed by atoms with Crippen LogP contribution in [0.4, 0.5) is 0 Å². The summed E-state index contributed by atoms with van der Waals surface area (Å²) in [5.74, 6) is 0.862. The fraction of sp³-hybridized carbons (Fsp3) is 0.929. The third kappa shape index (κ3) is 2.86. The summed E-state index contributed by atoms with van der Waals surface area (Å²) < 4.78 is 0. The first-order valence-electron chi connectivity index (χ1n) is 7.41. The lowest BCUT2D eigenvalue weighted by Gasteiger charge is -2.39. The number of nitrogens with one attached hydrogen (secondary N) is 1. The van der Waals surface area contributed by atoms with Gasteiger partial charge in [0.2, 0.25) is 5.91 Å². The van der Waals surface area contributed by atoms with Crippen molar-refractivity contribution < 1.29 is 4.79 Å². The molecule has 18 heavy (non-hydrogen) atoms. The predicted molar refractivity (Wildman–Crippen MR) is 73.2 cm³/mol. The van der Waals surface area contributed by atoms with Crippen LogP contribution in [0.1, 0.15) is 39.0 Å². The van der Waals surface area contributed by atoms with E-state index in [-0.39, 0.29) is 11.3 Å². The average Bonchev–Trinajstić information content (AvgIpc) is 2.36. The number of likely N-dealkylation sites (tertiary alicyclic amines) is 1. The van der Waals surface area contributed by atoms with Gasteiger partial charge in [-0.1, -0.05) is 13.3 Å². The van der Waals surface area contributed by atoms with Crippen LogP contribution in [-0.2, 0) is 4.79 Å². The Morgan fingerprint density at radius 2 is 2.06 bits per heavy atom. The van der Waals surface area contributed by atoms with E-state index in [1.807, 2.05) is 0 Å². The van der Waals surface area contributed by atoms with Gasteiger partial charge in [0.1, 0.15) is 0 Å². The molecule has 1 amide bonds. The number of nitrogens with two attached hydrogens (primary N) is 1. The molecule has 0 bridgehead atoms. The fourth-order valence-electron chi connectivity index (χ4n) is 3.06. The van der Waals surface area contributed by atoms with Crippen LogP contribution in [0.2, 0.25) is 0 Å². The molecule has 1 saturated carbocycles. The number of amides is 1. The van der Waals surface area contributed by atoms with Crippen LogP contribution in [0.5, 0.6) is 0 Å². The maximum atomic E-state index is 12.1. The van der Waals surface area contributed by atoms with E-state index in [0.717, 1.165) is 32.4 Å². The molecule has 0 atom stereocenters. The summed E-state index contributed by atoms with van der Waals surface area (Å²) in [4.78, 5) is 14.6. The van der Waals surface area contributed by atoms with E-state index in [2.05, 4.69) is 17.1 Å². The average molecular weight is 253 g/mol. The SMILES string of the molecule is CCN1CCC(CNC(=O)C2(CN)CCC2)CC1. The molecule has 0 spiro atoms. The van der Waals surface area contributed by atoms with Gasteiger partial charge < -0.3 is 16.0 Å². The van der Waals surface area contributed by atoms with Crippen LogP contribution in [0.3, 0.4) is 0 Å². The lowest BCUT2D eigenvalue weighted by atomic mass is 9.68. The molecule has 104 valence electrons. The minimum Gasteiger partial charge on any atom is -0.355 e. The van der Waals surface area contributed by atoms with Crippen molar-refractivity contribution in [3.05, 3.63) is 0 Å². The maximum Gasteiger partial charge on any atom is 0.227 e. The zero-order valence-corrected chi connectivity index (χ0v) is 11.6. The number of carbonyl (C=O) groups is 1. The fourth-order valence-corrected chi connectivity index (χ4v) is 3.06. The summed E-state index contributed by atoms with van der Waals surface area (Å²) >= 11 is 0. The molecule has 1 saturated heterocycles. The molecule has 1 aliphatic heterocycles. The van der Waals surface area contributed by atoms with Gasteiger partial charge in [-0.2, -0.15) is 0 Å². The molecule has 1 heterocycles. The van der Waals surface area contributed by atoms with Crippen LogP contribution in [0.15, 0.2) is 0 Å². The van der Waals surface area contributed by atoms with E-state index in [1.54, 1.807) is 0 Å². The highest BCUT2D eigenvalue weighted by molar-refractivity contribution is 5.83. The highest BCUT2D eigenvalue weighted by Gasteiger charge is 2.42. The number of rotatable bonds is 5. The van der Waals surface area contributed by atoms with Crippen molar-refractivity contribution in [2.75, 3.05) is 32.7 Å². The second kappa shape index (κ2) is 6.02. The van der Waals surface area contributed by atoms with Gasteiger partial charge in [0, 0.05) is 13.1 Å². The molecule has 0 unspecified atom stereocenters. The summed E-state index contributed by atoms with van der Waals surface area (Å²) in [5, 5.41) is 3.14. The lowest BCUT2D eigenvalue weighted by molar-refractivity contribution is -0.135. The first-order valence-corrected chi connectivity index (χ1v) is 7.41. The van der Waals surface area contributed by atoms with Gasteiger partial charge in [0.25, 0.3) is 0 Å². The maximum absolute atomic E-state index is 12.1. The molecular formula is C14H27N3O. The molecule has 0 radical (unpaired) electrons. The second-order valence-corrected chi connectivity index (χ2v) is 5.93. The number of hydrogen-bond donors (Lipinski definition) is 2. The Bertz CT molecular complexity index is 275. The van der Waals surface area contributed by atoms with E-state index in [4.69, 9.17) is 5.73 Å². The minimum absolute atomic E-state index is 0.203. The molecule has 0 aromatic rings. The van der Waals surface area contributed by atoms with Crippen molar-refractivity contribution in [1.29, 1.82) is 0 Å². The van der Waals surface area contributed by atoms with Crippen LogP contribution >= 0.6 is 0 Å². The Morgan fingerprint density at radius 1 is 1.39 bits per heavy atom. The van der Waals surface area contributed by atoms with Gasteiger partial charge in [-0.25, -0.2) is 0 Å². The van der Waals surface area contributed by atoms with E-state index in [0.29, 0.717) is 12.5 Å². The Balaban J connectivity index is 1.70. The van der Waals surface area contributed by atoms with Crippen molar-refractivity contribution in [2.24, 2.45) is 17.1 Å². The molecule has 3 N–H and O–H groups in total. The van der Waals surface area contributed by atoms with Crippen LogP contribution in [-0.4, -0.2) is 43.5 Å². The molecule has 0 aromatic carbocycles. The van der Waals surface area contributed by atoms with Crippen molar-refractivity contribution in [2.45, 2.75) is 39.0 Å². The highest BCUT2D eigenvalue weighted by atomic mass is 16.2.